The highest BCUT2D eigenvalue weighted by Gasteiger charge is 2.15. The monoisotopic (exact) mass is 270 g/mol. The molecule has 1 heterocycles. The highest BCUT2D eigenvalue weighted by Crippen LogP contribution is 2.22. The summed E-state index contributed by atoms with van der Waals surface area (Å²) in [5, 5.41) is 9.56. The van der Waals surface area contributed by atoms with E-state index in [2.05, 4.69) is 37.2 Å². The summed E-state index contributed by atoms with van der Waals surface area (Å²) in [5.74, 6) is 0.420. The van der Waals surface area contributed by atoms with E-state index in [1.54, 1.807) is 0 Å². The van der Waals surface area contributed by atoms with Gasteiger partial charge in [0.25, 0.3) is 0 Å². The van der Waals surface area contributed by atoms with Gasteiger partial charge < -0.3 is 9.67 Å². The van der Waals surface area contributed by atoms with E-state index in [1.807, 2.05) is 6.20 Å². The molecule has 0 radical (unpaired) electrons. The second-order valence-electron chi connectivity index (χ2n) is 4.90. The lowest BCUT2D eigenvalue weighted by Crippen LogP contribution is -2.16. The molecule has 0 bridgehead atoms. The van der Waals surface area contributed by atoms with Crippen LogP contribution in [-0.2, 0) is 17.8 Å². The predicted octanol–water partition coefficient (Wildman–Crippen LogP) is 2.91. The van der Waals surface area contributed by atoms with Crippen LogP contribution in [0, 0.1) is 11.8 Å². The van der Waals surface area contributed by atoms with E-state index < -0.39 is 5.97 Å². The first-order valence-electron chi connectivity index (χ1n) is 6.34. The molecule has 0 amide bonds. The number of aryl methyl sites for hydroxylation is 1. The van der Waals surface area contributed by atoms with Gasteiger partial charge in [0, 0.05) is 18.4 Å². The van der Waals surface area contributed by atoms with Crippen LogP contribution in [0.15, 0.2) is 11.4 Å². The van der Waals surface area contributed by atoms with Crippen molar-refractivity contribution in [1.29, 1.82) is 0 Å². The number of carboxylic acid groups (broad SMARTS) is 1. The first-order valence-corrected chi connectivity index (χ1v) is 7.33. The fourth-order valence-electron chi connectivity index (χ4n) is 1.61. The van der Waals surface area contributed by atoms with E-state index in [1.165, 1.54) is 17.5 Å². The molecular weight excluding hydrogens is 248 g/mol. The molecule has 0 spiro atoms. The molecule has 0 aromatic carbocycles. The Balaban J connectivity index is 2.84. The van der Waals surface area contributed by atoms with Gasteiger partial charge in [0.1, 0.15) is 0 Å². The van der Waals surface area contributed by atoms with E-state index in [9.17, 15) is 4.79 Å². The summed E-state index contributed by atoms with van der Waals surface area (Å²) in [4.78, 5) is 15.0. The predicted molar refractivity (Wildman–Crippen MR) is 74.0 cm³/mol. The number of rotatable bonds is 7. The van der Waals surface area contributed by atoms with Gasteiger partial charge in [-0.15, -0.1) is 0 Å². The van der Waals surface area contributed by atoms with Gasteiger partial charge in [0.05, 0.1) is 5.75 Å². The number of aliphatic carboxylic acids is 1. The lowest BCUT2D eigenvalue weighted by Gasteiger charge is -2.19. The molecule has 1 aromatic rings. The van der Waals surface area contributed by atoms with Crippen molar-refractivity contribution in [2.24, 2.45) is 11.8 Å². The molecule has 0 saturated carbocycles. The minimum Gasteiger partial charge on any atom is -0.481 e. The van der Waals surface area contributed by atoms with Crippen molar-refractivity contribution in [1.82, 2.24) is 9.55 Å². The van der Waals surface area contributed by atoms with Crippen molar-refractivity contribution in [3.63, 3.8) is 0 Å². The average Bonchev–Trinajstić information content (AvgIpc) is 2.68. The number of hydrogen-bond donors (Lipinski definition) is 1. The van der Waals surface area contributed by atoms with Gasteiger partial charge in [-0.1, -0.05) is 39.5 Å². The Kier molecular flexibility index (Phi) is 5.72. The normalized spacial score (nSPS) is 12.9. The SMILES string of the molecule is CCc1cnc(SCC(=O)O)n1CC(C)C(C)C. The van der Waals surface area contributed by atoms with Crippen LogP contribution in [0.2, 0.25) is 0 Å². The van der Waals surface area contributed by atoms with Crippen molar-refractivity contribution < 1.29 is 9.90 Å². The van der Waals surface area contributed by atoms with Gasteiger partial charge >= 0.3 is 5.97 Å². The molecule has 0 saturated heterocycles. The third-order valence-corrected chi connectivity index (χ3v) is 4.17. The average molecular weight is 270 g/mol. The summed E-state index contributed by atoms with van der Waals surface area (Å²) in [6, 6.07) is 0. The molecule has 0 aliphatic heterocycles. The first kappa shape index (κ1) is 15.1. The topological polar surface area (TPSA) is 55.1 Å². The lowest BCUT2D eigenvalue weighted by atomic mass is 9.98. The van der Waals surface area contributed by atoms with Crippen molar-refractivity contribution in [2.45, 2.75) is 45.8 Å². The van der Waals surface area contributed by atoms with E-state index >= 15 is 0 Å². The van der Waals surface area contributed by atoms with Crippen LogP contribution in [0.1, 0.15) is 33.4 Å². The van der Waals surface area contributed by atoms with Crippen molar-refractivity contribution in [3.8, 4) is 0 Å². The van der Waals surface area contributed by atoms with Crippen molar-refractivity contribution >= 4 is 17.7 Å². The van der Waals surface area contributed by atoms with Gasteiger partial charge in [-0.05, 0) is 18.3 Å². The maximum Gasteiger partial charge on any atom is 0.313 e. The smallest absolute Gasteiger partial charge is 0.313 e. The molecule has 0 aliphatic rings. The minimum atomic E-state index is -0.801. The van der Waals surface area contributed by atoms with Crippen LogP contribution in [0.4, 0.5) is 0 Å². The number of imidazole rings is 1. The first-order chi connectivity index (χ1) is 8.45. The van der Waals surface area contributed by atoms with Crippen LogP contribution in [0.25, 0.3) is 0 Å². The molecule has 18 heavy (non-hydrogen) atoms. The standard InChI is InChI=1S/C13H22N2O2S/c1-5-11-6-14-13(18-8-12(16)17)15(11)7-10(4)9(2)3/h6,9-10H,5,7-8H2,1-4H3,(H,16,17). The van der Waals surface area contributed by atoms with Crippen molar-refractivity contribution in [2.75, 3.05) is 5.75 Å². The van der Waals surface area contributed by atoms with Crippen molar-refractivity contribution in [3.05, 3.63) is 11.9 Å². The zero-order valence-electron chi connectivity index (χ0n) is 11.5. The molecular formula is C13H22N2O2S. The quantitative estimate of drug-likeness (QED) is 0.774. The van der Waals surface area contributed by atoms with Crippen LogP contribution in [0.5, 0.6) is 0 Å². The number of hydrogen-bond acceptors (Lipinski definition) is 3. The number of carbonyl (C=O) groups is 1. The van der Waals surface area contributed by atoms with Gasteiger partial charge in [-0.25, -0.2) is 4.98 Å². The summed E-state index contributed by atoms with van der Waals surface area (Å²) in [6.45, 7) is 9.63. The molecule has 0 fully saturated rings. The lowest BCUT2D eigenvalue weighted by molar-refractivity contribution is -0.133. The highest BCUT2D eigenvalue weighted by atomic mass is 32.2. The van der Waals surface area contributed by atoms with Gasteiger partial charge in [0.15, 0.2) is 5.16 Å². The maximum atomic E-state index is 10.6. The summed E-state index contributed by atoms with van der Waals surface area (Å²) in [6.07, 6.45) is 2.78. The molecule has 1 unspecified atom stereocenters. The highest BCUT2D eigenvalue weighted by molar-refractivity contribution is 7.99. The largest absolute Gasteiger partial charge is 0.481 e. The molecule has 1 atom stereocenters. The van der Waals surface area contributed by atoms with Gasteiger partial charge in [-0.2, -0.15) is 0 Å². The Morgan fingerprint density at radius 1 is 1.50 bits per heavy atom. The van der Waals surface area contributed by atoms with Gasteiger partial charge in [0.2, 0.25) is 0 Å². The second-order valence-corrected chi connectivity index (χ2v) is 5.84. The number of carboxylic acids is 1. The Morgan fingerprint density at radius 3 is 2.67 bits per heavy atom. The Bertz CT molecular complexity index is 402. The fraction of sp³-hybridized carbons (Fsp3) is 0.692. The Hall–Kier alpha value is -0.970. The number of nitrogens with zero attached hydrogens (tertiary/aromatic N) is 2. The third kappa shape index (κ3) is 4.05. The third-order valence-electron chi connectivity index (χ3n) is 3.20. The molecule has 1 rings (SSSR count). The Morgan fingerprint density at radius 2 is 2.17 bits per heavy atom. The summed E-state index contributed by atoms with van der Waals surface area (Å²) in [7, 11) is 0. The minimum absolute atomic E-state index is 0.0657. The van der Waals surface area contributed by atoms with E-state index in [0.29, 0.717) is 11.8 Å². The van der Waals surface area contributed by atoms with E-state index in [4.69, 9.17) is 5.11 Å². The second kappa shape index (κ2) is 6.83. The van der Waals surface area contributed by atoms with Gasteiger partial charge in [-0.3, -0.25) is 4.79 Å². The molecule has 1 N–H and O–H groups in total. The van der Waals surface area contributed by atoms with Crippen LogP contribution in [0.3, 0.4) is 0 Å². The van der Waals surface area contributed by atoms with E-state index in [-0.39, 0.29) is 5.75 Å². The van der Waals surface area contributed by atoms with E-state index in [0.717, 1.165) is 18.1 Å². The Labute approximate surface area is 113 Å². The molecule has 102 valence electrons. The summed E-state index contributed by atoms with van der Waals surface area (Å²) in [5.41, 5.74) is 1.18. The molecule has 1 aromatic heterocycles. The zero-order valence-corrected chi connectivity index (χ0v) is 12.3. The molecule has 4 nitrogen and oxygen atoms in total. The maximum absolute atomic E-state index is 10.6. The van der Waals surface area contributed by atoms with Crippen LogP contribution in [-0.4, -0.2) is 26.4 Å². The van der Waals surface area contributed by atoms with Crippen LogP contribution < -0.4 is 0 Å². The molecule has 0 aliphatic carbocycles. The molecule has 5 heteroatoms. The van der Waals surface area contributed by atoms with Crippen LogP contribution >= 0.6 is 11.8 Å². The summed E-state index contributed by atoms with van der Waals surface area (Å²) >= 11 is 1.30. The summed E-state index contributed by atoms with van der Waals surface area (Å²) < 4.78 is 2.16. The zero-order chi connectivity index (χ0) is 13.7. The number of thioether (sulfide) groups is 1. The number of aromatic nitrogens is 2. The fourth-order valence-corrected chi connectivity index (χ4v) is 2.34.